The average Bonchev–Trinajstić information content (AvgIpc) is 2.93. The maximum Gasteiger partial charge on any atom is 0.407 e. The summed E-state index contributed by atoms with van der Waals surface area (Å²) in [6.45, 7) is 21.0. The van der Waals surface area contributed by atoms with Gasteiger partial charge < -0.3 is 14.8 Å². The van der Waals surface area contributed by atoms with Crippen LogP contribution in [0.5, 0.6) is 0 Å². The molecule has 47 heavy (non-hydrogen) atoms. The number of nitrogens with zero attached hydrogens (tertiary/aromatic N) is 1. The first-order chi connectivity index (χ1) is 21.7. The second-order valence-corrected chi connectivity index (χ2v) is 18.4. The largest absolute Gasteiger partial charge is 0.462 e. The fourth-order valence-corrected chi connectivity index (χ4v) is 11.3. The Labute approximate surface area is 282 Å². The number of allylic oxidation sites excluding steroid dienone is 2. The third-order valence-corrected chi connectivity index (χ3v) is 13.7. The van der Waals surface area contributed by atoms with Gasteiger partial charge in [0.1, 0.15) is 11.7 Å². The van der Waals surface area contributed by atoms with Gasteiger partial charge in [0.2, 0.25) is 0 Å². The molecule has 2 amide bonds. The van der Waals surface area contributed by atoms with E-state index in [1.807, 2.05) is 26.8 Å². The van der Waals surface area contributed by atoms with Gasteiger partial charge in [0.25, 0.3) is 5.91 Å². The first-order valence-electron chi connectivity index (χ1n) is 18.1. The van der Waals surface area contributed by atoms with Gasteiger partial charge in [0.15, 0.2) is 5.78 Å². The van der Waals surface area contributed by atoms with Crippen molar-refractivity contribution < 1.29 is 28.7 Å². The molecule has 262 valence electrons. The molecule has 0 heterocycles. The van der Waals surface area contributed by atoms with Crippen LogP contribution in [-0.2, 0) is 23.9 Å². The summed E-state index contributed by atoms with van der Waals surface area (Å²) in [5.74, 6) is 0.688. The van der Waals surface area contributed by atoms with Crippen molar-refractivity contribution in [1.82, 2.24) is 5.32 Å². The van der Waals surface area contributed by atoms with Crippen LogP contribution in [0.25, 0.3) is 0 Å². The number of nitrogens with one attached hydrogen (secondary N) is 1. The Morgan fingerprint density at radius 2 is 1.62 bits per heavy atom. The molecule has 0 saturated heterocycles. The van der Waals surface area contributed by atoms with Crippen LogP contribution in [0.3, 0.4) is 0 Å². The number of hydrogen-bond acceptors (Lipinski definition) is 6. The summed E-state index contributed by atoms with van der Waals surface area (Å²) in [6, 6.07) is 0. The Bertz CT molecular complexity index is 1360. The molecule has 0 bridgehead atoms. The third kappa shape index (κ3) is 6.36. The van der Waals surface area contributed by atoms with E-state index in [0.717, 1.165) is 51.4 Å². The van der Waals surface area contributed by atoms with Gasteiger partial charge in [-0.1, -0.05) is 47.1 Å². The fourth-order valence-electron chi connectivity index (χ4n) is 11.3. The second kappa shape index (κ2) is 12.1. The Kier molecular flexibility index (Phi) is 9.23. The van der Waals surface area contributed by atoms with Crippen molar-refractivity contribution in [3.05, 3.63) is 11.6 Å². The Hall–Kier alpha value is -2.51. The molecular formula is C39H60N2O6. The van der Waals surface area contributed by atoms with Crippen LogP contribution in [0.15, 0.2) is 16.6 Å². The predicted molar refractivity (Wildman–Crippen MR) is 183 cm³/mol. The van der Waals surface area contributed by atoms with E-state index in [4.69, 9.17) is 9.47 Å². The number of esters is 1. The number of alkyl carbamates (subject to hydrolysis) is 1. The summed E-state index contributed by atoms with van der Waals surface area (Å²) >= 11 is 0. The van der Waals surface area contributed by atoms with E-state index < -0.39 is 17.1 Å². The lowest BCUT2D eigenvalue weighted by atomic mass is 9.37. The Morgan fingerprint density at radius 3 is 2.28 bits per heavy atom. The standard InChI is InChI=1S/C39H60N2O6/c1-24(42)46-30-14-17-39(10)29(35(30,5)6)13-16-38(9)26-12-15-36(7)18-19-37(8,23-27(36)25(26)22-28(43)31(38)39)32(44)40-20-11-21-41-33(45)47-34(2,3)4/h20,22,26-27,29-31H,11-19,21,23H2,1-10H3,(H,41,45)/t26?,27-,29-,30-,31-,36-,37-,38?,39-/m0/s1. The number of amides is 2. The summed E-state index contributed by atoms with van der Waals surface area (Å²) in [7, 11) is 0. The van der Waals surface area contributed by atoms with Crippen molar-refractivity contribution in [2.24, 2.45) is 55.7 Å². The first kappa shape index (κ1) is 35.8. The van der Waals surface area contributed by atoms with Crippen molar-refractivity contribution in [3.63, 3.8) is 0 Å². The fraction of sp³-hybridized carbons (Fsp3) is 0.821. The number of carbonyl (C=O) groups is 4. The molecule has 5 aliphatic carbocycles. The summed E-state index contributed by atoms with van der Waals surface area (Å²) < 4.78 is 11.1. The molecule has 0 aromatic heterocycles. The van der Waals surface area contributed by atoms with Crippen LogP contribution in [0.2, 0.25) is 0 Å². The minimum Gasteiger partial charge on any atom is -0.462 e. The minimum atomic E-state index is -0.592. The summed E-state index contributed by atoms with van der Waals surface area (Å²) in [6.07, 6.45) is 11.9. The molecule has 0 aromatic rings. The highest BCUT2D eigenvalue weighted by atomic mass is 16.6. The molecule has 0 spiro atoms. The SMILES string of the molecule is CC(=O)O[C@H]1CC[C@]2(C)[C@H]3C(=O)C=C4C(CC[C@@]5(C)CC[C@](C)(C(=O)N=CCCNC(=O)OC(C)(C)C)C[C@@H]45)C3(C)CC[C@H]2C1(C)C. The number of fused-ring (bicyclic) bond motifs is 7. The zero-order valence-electron chi connectivity index (χ0n) is 30.7. The summed E-state index contributed by atoms with van der Waals surface area (Å²) in [5, 5.41) is 2.72. The van der Waals surface area contributed by atoms with Gasteiger partial charge in [-0.05, 0) is 119 Å². The van der Waals surface area contributed by atoms with Gasteiger partial charge in [-0.3, -0.25) is 14.4 Å². The second-order valence-electron chi connectivity index (χ2n) is 18.4. The maximum absolute atomic E-state index is 14.5. The van der Waals surface area contributed by atoms with Crippen molar-refractivity contribution in [3.8, 4) is 0 Å². The van der Waals surface area contributed by atoms with Crippen molar-refractivity contribution >= 4 is 30.0 Å². The van der Waals surface area contributed by atoms with Crippen LogP contribution in [-0.4, -0.2) is 48.2 Å². The molecule has 4 fully saturated rings. The van der Waals surface area contributed by atoms with Gasteiger partial charge in [-0.15, -0.1) is 0 Å². The van der Waals surface area contributed by atoms with E-state index in [-0.39, 0.29) is 57.3 Å². The number of ether oxygens (including phenoxy) is 2. The molecule has 4 saturated carbocycles. The lowest BCUT2D eigenvalue weighted by Crippen LogP contribution is -2.64. The van der Waals surface area contributed by atoms with E-state index in [0.29, 0.717) is 31.2 Å². The van der Waals surface area contributed by atoms with Gasteiger partial charge in [0, 0.05) is 42.9 Å². The van der Waals surface area contributed by atoms with Gasteiger partial charge in [-0.2, -0.15) is 0 Å². The van der Waals surface area contributed by atoms with Crippen LogP contribution in [0.4, 0.5) is 4.79 Å². The Morgan fingerprint density at radius 1 is 0.936 bits per heavy atom. The number of hydrogen-bond donors (Lipinski definition) is 1. The molecule has 1 N–H and O–H groups in total. The zero-order chi connectivity index (χ0) is 34.8. The molecule has 5 aliphatic rings. The van der Waals surface area contributed by atoms with Crippen molar-refractivity contribution in [2.75, 3.05) is 6.54 Å². The summed E-state index contributed by atoms with van der Waals surface area (Å²) in [5.41, 5.74) is -0.280. The maximum atomic E-state index is 14.5. The third-order valence-electron chi connectivity index (χ3n) is 13.7. The lowest BCUT2D eigenvalue weighted by Gasteiger charge is -2.67. The Balaban J connectivity index is 1.34. The smallest absolute Gasteiger partial charge is 0.407 e. The van der Waals surface area contributed by atoms with Crippen molar-refractivity contribution in [1.29, 1.82) is 0 Å². The summed E-state index contributed by atoms with van der Waals surface area (Å²) in [4.78, 5) is 56.4. The van der Waals surface area contributed by atoms with Crippen molar-refractivity contribution in [2.45, 2.75) is 145 Å². The van der Waals surface area contributed by atoms with Gasteiger partial charge >= 0.3 is 12.1 Å². The number of aliphatic imine (C=N–C) groups is 1. The van der Waals surface area contributed by atoms with Crippen LogP contribution in [0, 0.1) is 50.7 Å². The minimum absolute atomic E-state index is 0.0556. The first-order valence-corrected chi connectivity index (χ1v) is 18.1. The molecule has 0 aromatic carbocycles. The molecule has 0 aliphatic heterocycles. The molecular weight excluding hydrogens is 592 g/mol. The molecule has 2 unspecified atom stereocenters. The van der Waals surface area contributed by atoms with E-state index in [1.165, 1.54) is 12.5 Å². The molecule has 9 atom stereocenters. The van der Waals surface area contributed by atoms with E-state index in [9.17, 15) is 19.2 Å². The number of carbonyl (C=O) groups excluding carboxylic acids is 4. The van der Waals surface area contributed by atoms with Gasteiger partial charge in [0.05, 0.1) is 0 Å². The van der Waals surface area contributed by atoms with Gasteiger partial charge in [-0.25, -0.2) is 9.79 Å². The topological polar surface area (TPSA) is 111 Å². The van der Waals surface area contributed by atoms with E-state index >= 15 is 0 Å². The molecule has 0 radical (unpaired) electrons. The number of ketones is 1. The zero-order valence-corrected chi connectivity index (χ0v) is 30.7. The highest BCUT2D eigenvalue weighted by Crippen LogP contribution is 2.71. The van der Waals surface area contributed by atoms with E-state index in [1.54, 1.807) is 6.21 Å². The molecule has 5 rings (SSSR count). The van der Waals surface area contributed by atoms with Crippen LogP contribution >= 0.6 is 0 Å². The quantitative estimate of drug-likeness (QED) is 0.183. The van der Waals surface area contributed by atoms with Crippen LogP contribution in [0.1, 0.15) is 133 Å². The monoisotopic (exact) mass is 652 g/mol. The highest BCUT2D eigenvalue weighted by Gasteiger charge is 2.67. The normalized spacial score (nSPS) is 41.0. The number of rotatable bonds is 5. The average molecular weight is 653 g/mol. The lowest BCUT2D eigenvalue weighted by molar-refractivity contribution is -0.200. The molecule has 8 nitrogen and oxygen atoms in total. The highest BCUT2D eigenvalue weighted by molar-refractivity contribution is 5.95. The van der Waals surface area contributed by atoms with Crippen LogP contribution < -0.4 is 5.32 Å². The predicted octanol–water partition coefficient (Wildman–Crippen LogP) is 8.02. The molecule has 8 heteroatoms. The van der Waals surface area contributed by atoms with E-state index in [2.05, 4.69) is 51.9 Å².